The Morgan fingerprint density at radius 3 is 1.92 bits per heavy atom. The summed E-state index contributed by atoms with van der Waals surface area (Å²) in [6.07, 6.45) is -4.94. The van der Waals surface area contributed by atoms with Gasteiger partial charge in [-0.05, 0) is 66.2 Å². The summed E-state index contributed by atoms with van der Waals surface area (Å²) >= 11 is 13.9. The molecule has 2 heterocycles. The molecular formula is C21H13Cl2F3N2O5S4. The van der Waals surface area contributed by atoms with E-state index in [0.717, 1.165) is 35.6 Å². The maximum Gasteiger partial charge on any atom is 0.573 e. The molecule has 2 aromatic carbocycles. The minimum Gasteiger partial charge on any atom is -0.406 e. The summed E-state index contributed by atoms with van der Waals surface area (Å²) in [5.74, 6) is -0.605. The summed E-state index contributed by atoms with van der Waals surface area (Å²) in [7, 11) is -8.49. The van der Waals surface area contributed by atoms with Crippen LogP contribution in [-0.2, 0) is 20.0 Å². The molecule has 196 valence electrons. The lowest BCUT2D eigenvalue weighted by atomic mass is 10.1. The van der Waals surface area contributed by atoms with Gasteiger partial charge in [-0.2, -0.15) is 0 Å². The molecule has 2 aromatic heterocycles. The predicted octanol–water partition coefficient (Wildman–Crippen LogP) is 7.28. The van der Waals surface area contributed by atoms with Gasteiger partial charge in [-0.3, -0.25) is 9.44 Å². The predicted molar refractivity (Wildman–Crippen MR) is 139 cm³/mol. The second-order valence-electron chi connectivity index (χ2n) is 7.15. The van der Waals surface area contributed by atoms with Crippen molar-refractivity contribution < 1.29 is 34.7 Å². The molecule has 0 radical (unpaired) electrons. The van der Waals surface area contributed by atoms with Crippen LogP contribution in [0.25, 0.3) is 10.4 Å². The van der Waals surface area contributed by atoms with E-state index in [1.165, 1.54) is 35.6 Å². The average Bonchev–Trinajstić information content (AvgIpc) is 3.43. The minimum absolute atomic E-state index is 0.0966. The number of sulfonamides is 2. The number of benzene rings is 2. The highest BCUT2D eigenvalue weighted by Crippen LogP contribution is 2.37. The zero-order chi connectivity index (χ0) is 27.0. The third-order valence-corrected chi connectivity index (χ3v) is 10.3. The van der Waals surface area contributed by atoms with Gasteiger partial charge in [0, 0.05) is 4.88 Å². The van der Waals surface area contributed by atoms with Crippen molar-refractivity contribution >= 4 is 77.3 Å². The molecule has 0 bridgehead atoms. The lowest BCUT2D eigenvalue weighted by Crippen LogP contribution is -2.18. The Labute approximate surface area is 227 Å². The molecule has 0 fully saturated rings. The summed E-state index contributed by atoms with van der Waals surface area (Å²) in [6, 6.07) is 13.9. The number of ether oxygens (including phenoxy) is 1. The number of rotatable bonds is 8. The summed E-state index contributed by atoms with van der Waals surface area (Å²) in [4.78, 5) is 0.295. The summed E-state index contributed by atoms with van der Waals surface area (Å²) in [5.41, 5.74) is 0.297. The van der Waals surface area contributed by atoms with Crippen LogP contribution in [0.4, 0.5) is 24.5 Å². The average molecular weight is 630 g/mol. The van der Waals surface area contributed by atoms with Gasteiger partial charge in [-0.25, -0.2) is 16.8 Å². The highest BCUT2D eigenvalue weighted by molar-refractivity contribution is 7.94. The first kappa shape index (κ1) is 27.5. The first-order valence-corrected chi connectivity index (χ1v) is 15.1. The Kier molecular flexibility index (Phi) is 7.70. The Morgan fingerprint density at radius 2 is 1.35 bits per heavy atom. The van der Waals surface area contributed by atoms with Crippen molar-refractivity contribution in [2.45, 2.75) is 15.5 Å². The highest BCUT2D eigenvalue weighted by Gasteiger charge is 2.31. The SMILES string of the molecule is O=S(=O)(Nc1cc(-c2ccc(Cl)s2)ccc1NS(=O)(=O)c1ccc(Cl)s1)c1ccc(OC(F)(F)F)cc1. The van der Waals surface area contributed by atoms with Crippen molar-refractivity contribution in [3.05, 3.63) is 75.4 Å². The van der Waals surface area contributed by atoms with E-state index >= 15 is 0 Å². The number of hydrogen-bond acceptors (Lipinski definition) is 7. The van der Waals surface area contributed by atoms with Crippen LogP contribution in [-0.4, -0.2) is 23.2 Å². The Morgan fingerprint density at radius 1 is 0.730 bits per heavy atom. The minimum atomic E-state index is -4.94. The van der Waals surface area contributed by atoms with Crippen LogP contribution in [0.5, 0.6) is 5.75 Å². The molecule has 7 nitrogen and oxygen atoms in total. The number of alkyl halides is 3. The second kappa shape index (κ2) is 10.3. The van der Waals surface area contributed by atoms with Crippen LogP contribution in [0.3, 0.4) is 0 Å². The number of thiophene rings is 2. The Balaban J connectivity index is 1.71. The maximum absolute atomic E-state index is 13.1. The van der Waals surface area contributed by atoms with Crippen LogP contribution < -0.4 is 14.2 Å². The molecule has 0 aliphatic rings. The van der Waals surface area contributed by atoms with Gasteiger partial charge in [0.2, 0.25) is 0 Å². The molecule has 0 amide bonds. The standard InChI is InChI=1S/C21H13Cl2F3N2O5S4/c22-18-8-7-17(34-18)12-1-6-15(27-37(31,32)20-10-9-19(23)35-20)16(11-12)28-36(29,30)14-4-2-13(3-5-14)33-21(24,25)26/h1-11,27-28H. The molecule has 16 heteroatoms. The van der Waals surface area contributed by atoms with Crippen LogP contribution in [0.2, 0.25) is 8.67 Å². The van der Waals surface area contributed by atoms with Gasteiger partial charge >= 0.3 is 6.36 Å². The molecule has 2 N–H and O–H groups in total. The summed E-state index contributed by atoms with van der Waals surface area (Å²) in [6.45, 7) is 0. The smallest absolute Gasteiger partial charge is 0.406 e. The zero-order valence-corrected chi connectivity index (χ0v) is 22.7. The van der Waals surface area contributed by atoms with E-state index in [-0.39, 0.29) is 24.8 Å². The molecule has 0 saturated carbocycles. The fourth-order valence-electron chi connectivity index (χ4n) is 3.00. The van der Waals surface area contributed by atoms with E-state index in [2.05, 4.69) is 14.2 Å². The number of hydrogen-bond donors (Lipinski definition) is 2. The maximum atomic E-state index is 13.1. The molecule has 0 atom stereocenters. The monoisotopic (exact) mass is 628 g/mol. The van der Waals surface area contributed by atoms with Gasteiger partial charge in [0.05, 0.1) is 24.9 Å². The van der Waals surface area contributed by atoms with Gasteiger partial charge in [0.15, 0.2) is 0 Å². The van der Waals surface area contributed by atoms with Gasteiger partial charge in [-0.1, -0.05) is 29.3 Å². The fourth-order valence-corrected chi connectivity index (χ4v) is 7.67. The lowest BCUT2D eigenvalue weighted by molar-refractivity contribution is -0.274. The van der Waals surface area contributed by atoms with Crippen LogP contribution in [0, 0.1) is 0 Å². The first-order chi connectivity index (χ1) is 17.2. The molecule has 0 spiro atoms. The largest absolute Gasteiger partial charge is 0.573 e. The van der Waals surface area contributed by atoms with Crippen molar-refractivity contribution in [2.75, 3.05) is 9.44 Å². The molecule has 4 rings (SSSR count). The van der Waals surface area contributed by atoms with Crippen molar-refractivity contribution in [3.63, 3.8) is 0 Å². The van der Waals surface area contributed by atoms with Gasteiger partial charge in [-0.15, -0.1) is 35.8 Å². The summed E-state index contributed by atoms with van der Waals surface area (Å²) in [5, 5.41) is 0. The van der Waals surface area contributed by atoms with Crippen LogP contribution >= 0.6 is 45.9 Å². The van der Waals surface area contributed by atoms with Crippen molar-refractivity contribution in [1.82, 2.24) is 0 Å². The second-order valence-corrected chi connectivity index (χ2v) is 14.2. The Hall–Kier alpha value is -2.49. The van der Waals surface area contributed by atoms with E-state index in [1.54, 1.807) is 18.2 Å². The zero-order valence-electron chi connectivity index (χ0n) is 17.9. The van der Waals surface area contributed by atoms with E-state index in [9.17, 15) is 30.0 Å². The molecule has 0 unspecified atom stereocenters. The van der Waals surface area contributed by atoms with E-state index in [0.29, 0.717) is 14.8 Å². The fraction of sp³-hybridized carbons (Fsp3) is 0.0476. The van der Waals surface area contributed by atoms with Crippen molar-refractivity contribution in [3.8, 4) is 16.2 Å². The Bertz CT molecular complexity index is 1650. The van der Waals surface area contributed by atoms with Crippen LogP contribution in [0.15, 0.2) is 75.8 Å². The van der Waals surface area contributed by atoms with Gasteiger partial charge in [0.25, 0.3) is 20.0 Å². The first-order valence-electron chi connectivity index (χ1n) is 9.78. The van der Waals surface area contributed by atoms with Gasteiger partial charge in [0.1, 0.15) is 9.96 Å². The molecular weight excluding hydrogens is 616 g/mol. The molecule has 37 heavy (non-hydrogen) atoms. The molecule has 0 aliphatic carbocycles. The highest BCUT2D eigenvalue weighted by atomic mass is 35.5. The molecule has 4 aromatic rings. The van der Waals surface area contributed by atoms with Crippen molar-refractivity contribution in [1.29, 1.82) is 0 Å². The third kappa shape index (κ3) is 6.89. The quantitative estimate of drug-likeness (QED) is 0.213. The van der Waals surface area contributed by atoms with E-state index < -0.39 is 32.2 Å². The van der Waals surface area contributed by atoms with Crippen molar-refractivity contribution in [2.24, 2.45) is 0 Å². The summed E-state index contributed by atoms with van der Waals surface area (Å²) < 4.78 is 98.1. The number of nitrogens with one attached hydrogen (secondary N) is 2. The lowest BCUT2D eigenvalue weighted by Gasteiger charge is -2.16. The van der Waals surface area contributed by atoms with E-state index in [4.69, 9.17) is 23.2 Å². The number of halogens is 5. The molecule has 0 saturated heterocycles. The number of anilines is 2. The van der Waals surface area contributed by atoms with Crippen LogP contribution in [0.1, 0.15) is 0 Å². The normalized spacial score (nSPS) is 12.4. The van der Waals surface area contributed by atoms with E-state index in [1.807, 2.05) is 0 Å². The molecule has 0 aliphatic heterocycles. The third-order valence-electron chi connectivity index (χ3n) is 4.55. The topological polar surface area (TPSA) is 102 Å². The van der Waals surface area contributed by atoms with Gasteiger partial charge < -0.3 is 4.74 Å².